The Labute approximate surface area is 138 Å². The summed E-state index contributed by atoms with van der Waals surface area (Å²) in [6.07, 6.45) is -4.56. The normalized spacial score (nSPS) is 12.9. The fraction of sp³-hybridized carbons (Fsp3) is 0.500. The van der Waals surface area contributed by atoms with E-state index in [0.29, 0.717) is 5.52 Å². The number of alkyl halides is 3. The molecule has 2 aromatic rings. The highest BCUT2D eigenvalue weighted by Gasteiger charge is 2.38. The molecular formula is C16H21F3N4O. The predicted molar refractivity (Wildman–Crippen MR) is 85.7 cm³/mol. The van der Waals surface area contributed by atoms with Crippen LogP contribution in [0.1, 0.15) is 49.9 Å². The molecule has 5 nitrogen and oxygen atoms in total. The van der Waals surface area contributed by atoms with E-state index in [4.69, 9.17) is 5.73 Å². The molecule has 0 radical (unpaired) electrons. The Morgan fingerprint density at radius 2 is 1.96 bits per heavy atom. The van der Waals surface area contributed by atoms with Gasteiger partial charge in [0.1, 0.15) is 0 Å². The first-order chi connectivity index (χ1) is 10.9. The molecule has 0 aliphatic rings. The van der Waals surface area contributed by atoms with Gasteiger partial charge in [-0.15, -0.1) is 0 Å². The fourth-order valence-electron chi connectivity index (χ4n) is 2.37. The smallest absolute Gasteiger partial charge is 0.350 e. The largest absolute Gasteiger partial charge is 0.449 e. The summed E-state index contributed by atoms with van der Waals surface area (Å²) in [7, 11) is 0. The molecule has 0 saturated heterocycles. The van der Waals surface area contributed by atoms with E-state index in [0.717, 1.165) is 4.57 Å². The van der Waals surface area contributed by atoms with Crippen LogP contribution in [0.2, 0.25) is 0 Å². The molecule has 1 aromatic carbocycles. The van der Waals surface area contributed by atoms with Gasteiger partial charge in [0, 0.05) is 23.7 Å². The molecule has 0 atom stereocenters. The van der Waals surface area contributed by atoms with E-state index >= 15 is 0 Å². The van der Waals surface area contributed by atoms with Crippen molar-refractivity contribution in [2.45, 2.75) is 45.5 Å². The number of rotatable bonds is 4. The van der Waals surface area contributed by atoms with Gasteiger partial charge in [-0.2, -0.15) is 13.2 Å². The summed E-state index contributed by atoms with van der Waals surface area (Å²) in [5.74, 6) is -1.36. The highest BCUT2D eigenvalue weighted by Crippen LogP contribution is 2.33. The van der Waals surface area contributed by atoms with Gasteiger partial charge in [-0.1, -0.05) is 0 Å². The number of amides is 1. The van der Waals surface area contributed by atoms with Crippen LogP contribution in [-0.4, -0.2) is 27.5 Å². The van der Waals surface area contributed by atoms with Gasteiger partial charge >= 0.3 is 6.18 Å². The SMILES string of the molecule is CC(C)n1c(C(F)(F)F)nc2cc(C(=O)NCC(C)(C)N)ccc21. The topological polar surface area (TPSA) is 72.9 Å². The molecule has 1 amide bonds. The first-order valence-electron chi connectivity index (χ1n) is 7.56. The number of nitrogens with zero attached hydrogens (tertiary/aromatic N) is 2. The standard InChI is InChI=1S/C16H21F3N4O/c1-9(2)23-12-6-5-10(13(24)21-8-15(3,4)20)7-11(12)22-14(23)16(17,18)19/h5-7,9H,8,20H2,1-4H3,(H,21,24). The van der Waals surface area contributed by atoms with Crippen molar-refractivity contribution in [2.24, 2.45) is 5.73 Å². The Kier molecular flexibility index (Phi) is 4.63. The van der Waals surface area contributed by atoms with Crippen LogP contribution >= 0.6 is 0 Å². The lowest BCUT2D eigenvalue weighted by Gasteiger charge is -2.18. The quantitative estimate of drug-likeness (QED) is 0.897. The number of hydrogen-bond donors (Lipinski definition) is 2. The van der Waals surface area contributed by atoms with Gasteiger partial charge in [-0.3, -0.25) is 4.79 Å². The lowest BCUT2D eigenvalue weighted by atomic mass is 10.1. The van der Waals surface area contributed by atoms with Gasteiger partial charge in [-0.25, -0.2) is 4.98 Å². The van der Waals surface area contributed by atoms with Crippen molar-refractivity contribution in [2.75, 3.05) is 6.54 Å². The number of hydrogen-bond acceptors (Lipinski definition) is 3. The third-order valence-corrected chi connectivity index (χ3v) is 3.43. The van der Waals surface area contributed by atoms with Crippen molar-refractivity contribution in [3.8, 4) is 0 Å². The highest BCUT2D eigenvalue weighted by atomic mass is 19.4. The predicted octanol–water partition coefficient (Wildman–Crippen LogP) is 3.10. The van der Waals surface area contributed by atoms with Gasteiger partial charge in [0.05, 0.1) is 11.0 Å². The molecule has 8 heteroatoms. The monoisotopic (exact) mass is 342 g/mol. The van der Waals surface area contributed by atoms with Crippen LogP contribution in [-0.2, 0) is 6.18 Å². The third kappa shape index (κ3) is 3.87. The molecular weight excluding hydrogens is 321 g/mol. The zero-order valence-corrected chi connectivity index (χ0v) is 14.0. The van der Waals surface area contributed by atoms with E-state index in [-0.39, 0.29) is 17.6 Å². The molecule has 0 saturated carbocycles. The second kappa shape index (κ2) is 6.08. The number of nitrogens with one attached hydrogen (secondary N) is 1. The second-order valence-electron chi connectivity index (χ2n) is 6.77. The van der Waals surface area contributed by atoms with Gasteiger partial charge in [0.15, 0.2) is 0 Å². The van der Waals surface area contributed by atoms with Crippen LogP contribution < -0.4 is 11.1 Å². The van der Waals surface area contributed by atoms with Crippen molar-refractivity contribution in [1.82, 2.24) is 14.9 Å². The number of fused-ring (bicyclic) bond motifs is 1. The number of nitrogens with two attached hydrogens (primary N) is 1. The maximum atomic E-state index is 13.2. The number of halogens is 3. The molecule has 0 bridgehead atoms. The fourth-order valence-corrected chi connectivity index (χ4v) is 2.37. The van der Waals surface area contributed by atoms with Gasteiger partial charge in [0.25, 0.3) is 5.91 Å². The summed E-state index contributed by atoms with van der Waals surface area (Å²) >= 11 is 0. The van der Waals surface area contributed by atoms with E-state index in [1.807, 2.05) is 0 Å². The number of carbonyl (C=O) groups excluding carboxylic acids is 1. The Bertz CT molecular complexity index is 757. The molecule has 132 valence electrons. The van der Waals surface area contributed by atoms with Gasteiger partial charge < -0.3 is 15.6 Å². The lowest BCUT2D eigenvalue weighted by Crippen LogP contribution is -2.45. The summed E-state index contributed by atoms with van der Waals surface area (Å²) in [6, 6.07) is 3.92. The van der Waals surface area contributed by atoms with Crippen LogP contribution in [0.15, 0.2) is 18.2 Å². The molecule has 0 aliphatic heterocycles. The number of imidazole rings is 1. The molecule has 0 unspecified atom stereocenters. The van der Waals surface area contributed by atoms with Crippen molar-refractivity contribution in [3.63, 3.8) is 0 Å². The molecule has 24 heavy (non-hydrogen) atoms. The number of aromatic nitrogens is 2. The summed E-state index contributed by atoms with van der Waals surface area (Å²) in [6.45, 7) is 7.07. The summed E-state index contributed by atoms with van der Waals surface area (Å²) in [5.41, 5.74) is 5.94. The van der Waals surface area contributed by atoms with Crippen LogP contribution in [0.4, 0.5) is 13.2 Å². The van der Waals surface area contributed by atoms with Crippen molar-refractivity contribution in [3.05, 3.63) is 29.6 Å². The van der Waals surface area contributed by atoms with Gasteiger partial charge in [-0.05, 0) is 45.9 Å². The molecule has 0 fully saturated rings. The van der Waals surface area contributed by atoms with Crippen molar-refractivity contribution < 1.29 is 18.0 Å². The summed E-state index contributed by atoms with van der Waals surface area (Å²) < 4.78 is 40.7. The van der Waals surface area contributed by atoms with E-state index < -0.39 is 29.5 Å². The molecule has 2 rings (SSSR count). The minimum Gasteiger partial charge on any atom is -0.350 e. The molecule has 1 aromatic heterocycles. The van der Waals surface area contributed by atoms with E-state index in [1.165, 1.54) is 18.2 Å². The van der Waals surface area contributed by atoms with Gasteiger partial charge in [0.2, 0.25) is 5.82 Å². The van der Waals surface area contributed by atoms with Crippen LogP contribution in [0.5, 0.6) is 0 Å². The average molecular weight is 342 g/mol. The van der Waals surface area contributed by atoms with E-state index in [9.17, 15) is 18.0 Å². The first-order valence-corrected chi connectivity index (χ1v) is 7.56. The molecule has 1 heterocycles. The minimum atomic E-state index is -4.56. The zero-order valence-electron chi connectivity index (χ0n) is 14.0. The highest BCUT2D eigenvalue weighted by molar-refractivity contribution is 5.97. The van der Waals surface area contributed by atoms with Crippen molar-refractivity contribution >= 4 is 16.9 Å². The Morgan fingerprint density at radius 3 is 2.46 bits per heavy atom. The molecule has 3 N–H and O–H groups in total. The van der Waals surface area contributed by atoms with E-state index in [2.05, 4.69) is 10.3 Å². The Hall–Kier alpha value is -2.09. The minimum absolute atomic E-state index is 0.135. The summed E-state index contributed by atoms with van der Waals surface area (Å²) in [5, 5.41) is 2.66. The maximum Gasteiger partial charge on any atom is 0.449 e. The van der Waals surface area contributed by atoms with E-state index in [1.54, 1.807) is 27.7 Å². The summed E-state index contributed by atoms with van der Waals surface area (Å²) in [4.78, 5) is 15.8. The van der Waals surface area contributed by atoms with Crippen molar-refractivity contribution in [1.29, 1.82) is 0 Å². The molecule has 0 spiro atoms. The maximum absolute atomic E-state index is 13.2. The lowest BCUT2D eigenvalue weighted by molar-refractivity contribution is -0.147. The first kappa shape index (κ1) is 18.3. The molecule has 0 aliphatic carbocycles. The number of carbonyl (C=O) groups is 1. The average Bonchev–Trinajstić information content (AvgIpc) is 2.82. The third-order valence-electron chi connectivity index (χ3n) is 3.43. The van der Waals surface area contributed by atoms with Crippen LogP contribution in [0, 0.1) is 0 Å². The van der Waals surface area contributed by atoms with Crippen LogP contribution in [0.3, 0.4) is 0 Å². The Balaban J connectivity index is 2.43. The Morgan fingerprint density at radius 1 is 1.33 bits per heavy atom. The zero-order chi connectivity index (χ0) is 18.3. The number of benzene rings is 1. The van der Waals surface area contributed by atoms with Crippen LogP contribution in [0.25, 0.3) is 11.0 Å². The second-order valence-corrected chi connectivity index (χ2v) is 6.77.